The number of carboxylic acid groups (broad SMARTS) is 2. The van der Waals surface area contributed by atoms with Crippen LogP contribution in [-0.4, -0.2) is 57.1 Å². The molecule has 3 N–H and O–H groups in total. The summed E-state index contributed by atoms with van der Waals surface area (Å²) < 4.78 is 0. The van der Waals surface area contributed by atoms with Crippen LogP contribution in [0.25, 0.3) is 0 Å². The summed E-state index contributed by atoms with van der Waals surface area (Å²) in [7, 11) is 0. The summed E-state index contributed by atoms with van der Waals surface area (Å²) in [5.41, 5.74) is 0. The monoisotopic (exact) mass is 312 g/mol. The molecule has 1 aliphatic heterocycles. The number of carbonyl (C=O) groups excluding carboxylic acids is 1. The summed E-state index contributed by atoms with van der Waals surface area (Å²) in [6, 6.07) is -2.38. The summed E-state index contributed by atoms with van der Waals surface area (Å²) >= 11 is 0. The fourth-order valence-corrected chi connectivity index (χ4v) is 3.74. The van der Waals surface area contributed by atoms with Crippen LogP contribution < -0.4 is 5.32 Å². The second-order valence-electron chi connectivity index (χ2n) is 6.40. The van der Waals surface area contributed by atoms with Crippen molar-refractivity contribution in [2.75, 3.05) is 0 Å². The number of carboxylic acids is 2. The number of fused-ring (bicyclic) bond motifs is 1. The molecular formula is C15H24N2O5. The molecule has 0 radical (unpaired) electrons. The van der Waals surface area contributed by atoms with E-state index < -0.39 is 30.1 Å². The number of carbonyl (C=O) groups is 3. The van der Waals surface area contributed by atoms with Crippen molar-refractivity contribution in [3.8, 4) is 0 Å². The van der Waals surface area contributed by atoms with Gasteiger partial charge >= 0.3 is 11.9 Å². The van der Waals surface area contributed by atoms with E-state index in [1.165, 1.54) is 11.8 Å². The Balaban J connectivity index is 2.13. The Morgan fingerprint density at radius 2 is 1.73 bits per heavy atom. The molecular weight excluding hydrogens is 288 g/mol. The first-order valence-electron chi connectivity index (χ1n) is 7.86. The van der Waals surface area contributed by atoms with E-state index in [0.29, 0.717) is 6.42 Å². The van der Waals surface area contributed by atoms with Crippen LogP contribution in [0, 0.1) is 5.92 Å². The van der Waals surface area contributed by atoms with Gasteiger partial charge in [0, 0.05) is 6.04 Å². The van der Waals surface area contributed by atoms with E-state index in [2.05, 4.69) is 5.32 Å². The number of nitrogens with one attached hydrogen (secondary N) is 1. The lowest BCUT2D eigenvalue weighted by Gasteiger charge is -2.35. The third kappa shape index (κ3) is 3.24. The average Bonchev–Trinajstić information content (AvgIpc) is 2.85. The van der Waals surface area contributed by atoms with Gasteiger partial charge in [0.25, 0.3) is 0 Å². The van der Waals surface area contributed by atoms with Gasteiger partial charge in [-0.25, -0.2) is 4.79 Å². The van der Waals surface area contributed by atoms with Gasteiger partial charge in [-0.05, 0) is 39.0 Å². The molecule has 0 aromatic rings. The molecule has 7 nitrogen and oxygen atoms in total. The number of aliphatic carboxylic acids is 2. The highest BCUT2D eigenvalue weighted by atomic mass is 16.4. The number of likely N-dealkylation sites (tertiary alicyclic amines) is 1. The molecule has 1 saturated heterocycles. The molecule has 2 fully saturated rings. The first-order chi connectivity index (χ1) is 10.3. The summed E-state index contributed by atoms with van der Waals surface area (Å²) in [4.78, 5) is 36.6. The van der Waals surface area contributed by atoms with Crippen LogP contribution in [0.15, 0.2) is 0 Å². The number of amides is 1. The second kappa shape index (κ2) is 6.64. The lowest BCUT2D eigenvalue weighted by molar-refractivity contribution is -0.151. The standard InChI is InChI=1S/C15H24N2O5/c1-8(16-9(2)14(19)20)13(18)17-11-6-4-3-5-10(11)7-12(17)15(21)22/h8-12,16H,3-7H2,1-2H3,(H,19,20)(H,21,22)/t8?,9-,10?,11?,12-/m0/s1. The first-order valence-corrected chi connectivity index (χ1v) is 7.86. The molecule has 5 atom stereocenters. The smallest absolute Gasteiger partial charge is 0.326 e. The van der Waals surface area contributed by atoms with Gasteiger partial charge in [-0.3, -0.25) is 14.9 Å². The summed E-state index contributed by atoms with van der Waals surface area (Å²) in [6.07, 6.45) is 4.39. The van der Waals surface area contributed by atoms with E-state index in [4.69, 9.17) is 5.11 Å². The predicted molar refractivity (Wildman–Crippen MR) is 78.3 cm³/mol. The number of rotatable bonds is 5. The molecule has 1 aliphatic carbocycles. The number of hydrogen-bond acceptors (Lipinski definition) is 4. The minimum Gasteiger partial charge on any atom is -0.480 e. The van der Waals surface area contributed by atoms with Crippen LogP contribution in [0.1, 0.15) is 46.0 Å². The van der Waals surface area contributed by atoms with Gasteiger partial charge in [0.15, 0.2) is 0 Å². The normalized spacial score (nSPS) is 30.5. The Kier molecular flexibility index (Phi) is 5.05. The van der Waals surface area contributed by atoms with Crippen LogP contribution in [0.2, 0.25) is 0 Å². The topological polar surface area (TPSA) is 107 Å². The lowest BCUT2D eigenvalue weighted by Crippen LogP contribution is -2.55. The van der Waals surface area contributed by atoms with Gasteiger partial charge in [0.2, 0.25) is 5.91 Å². The molecule has 0 spiro atoms. The molecule has 1 heterocycles. The van der Waals surface area contributed by atoms with Gasteiger partial charge in [-0.1, -0.05) is 12.8 Å². The highest BCUT2D eigenvalue weighted by Gasteiger charge is 2.48. The maximum Gasteiger partial charge on any atom is 0.326 e. The molecule has 2 aliphatic rings. The molecule has 124 valence electrons. The van der Waals surface area contributed by atoms with Gasteiger partial charge in [-0.15, -0.1) is 0 Å². The molecule has 3 unspecified atom stereocenters. The van der Waals surface area contributed by atoms with Crippen LogP contribution in [0.4, 0.5) is 0 Å². The Morgan fingerprint density at radius 1 is 1.09 bits per heavy atom. The van der Waals surface area contributed by atoms with Crippen molar-refractivity contribution in [1.82, 2.24) is 10.2 Å². The van der Waals surface area contributed by atoms with Crippen molar-refractivity contribution >= 4 is 17.8 Å². The van der Waals surface area contributed by atoms with Crippen molar-refractivity contribution in [3.63, 3.8) is 0 Å². The zero-order valence-corrected chi connectivity index (χ0v) is 13.0. The van der Waals surface area contributed by atoms with E-state index in [9.17, 15) is 19.5 Å². The fourth-order valence-electron chi connectivity index (χ4n) is 3.74. The Bertz CT molecular complexity index is 467. The molecule has 22 heavy (non-hydrogen) atoms. The molecule has 2 rings (SSSR count). The molecule has 0 bridgehead atoms. The largest absolute Gasteiger partial charge is 0.480 e. The van der Waals surface area contributed by atoms with Crippen molar-refractivity contribution in [2.45, 2.75) is 70.1 Å². The van der Waals surface area contributed by atoms with E-state index in [0.717, 1.165) is 25.7 Å². The first kappa shape index (κ1) is 16.7. The number of nitrogens with zero attached hydrogens (tertiary/aromatic N) is 1. The Labute approximate surface area is 129 Å². The van der Waals surface area contributed by atoms with Crippen LogP contribution in [0.3, 0.4) is 0 Å². The van der Waals surface area contributed by atoms with Crippen molar-refractivity contribution in [3.05, 3.63) is 0 Å². The van der Waals surface area contributed by atoms with Crippen LogP contribution in [-0.2, 0) is 14.4 Å². The summed E-state index contributed by atoms with van der Waals surface area (Å²) in [5.74, 6) is -2.06. The minimum atomic E-state index is -1.04. The quantitative estimate of drug-likeness (QED) is 0.689. The highest BCUT2D eigenvalue weighted by Crippen LogP contribution is 2.40. The van der Waals surface area contributed by atoms with Gasteiger partial charge < -0.3 is 15.1 Å². The predicted octanol–water partition coefficient (Wildman–Crippen LogP) is 0.682. The molecule has 7 heteroatoms. The molecule has 1 saturated carbocycles. The van der Waals surface area contributed by atoms with E-state index in [1.807, 2.05) is 0 Å². The molecule has 1 amide bonds. The van der Waals surface area contributed by atoms with Gasteiger partial charge in [0.1, 0.15) is 12.1 Å². The van der Waals surface area contributed by atoms with Gasteiger partial charge in [-0.2, -0.15) is 0 Å². The zero-order valence-electron chi connectivity index (χ0n) is 13.0. The average molecular weight is 312 g/mol. The highest BCUT2D eigenvalue weighted by molar-refractivity contribution is 5.88. The van der Waals surface area contributed by atoms with Crippen molar-refractivity contribution < 1.29 is 24.6 Å². The van der Waals surface area contributed by atoms with Crippen molar-refractivity contribution in [1.29, 1.82) is 0 Å². The van der Waals surface area contributed by atoms with Crippen LogP contribution >= 0.6 is 0 Å². The van der Waals surface area contributed by atoms with E-state index in [-0.39, 0.29) is 17.9 Å². The second-order valence-corrected chi connectivity index (χ2v) is 6.40. The Morgan fingerprint density at radius 3 is 2.32 bits per heavy atom. The lowest BCUT2D eigenvalue weighted by atomic mass is 9.84. The summed E-state index contributed by atoms with van der Waals surface area (Å²) in [6.45, 7) is 3.06. The van der Waals surface area contributed by atoms with Crippen molar-refractivity contribution in [2.24, 2.45) is 5.92 Å². The maximum atomic E-state index is 12.7. The third-order valence-electron chi connectivity index (χ3n) is 4.87. The molecule has 0 aromatic heterocycles. The van der Waals surface area contributed by atoms with Gasteiger partial charge in [0.05, 0.1) is 6.04 Å². The SMILES string of the molecule is CC(N[C@@H](C)C(=O)O)C(=O)N1C2CCCCC2C[C@H]1C(=O)O. The summed E-state index contributed by atoms with van der Waals surface area (Å²) in [5, 5.41) is 21.1. The minimum absolute atomic E-state index is 0.0215. The zero-order chi connectivity index (χ0) is 16.4. The fraction of sp³-hybridized carbons (Fsp3) is 0.800. The molecule has 0 aromatic carbocycles. The van der Waals surface area contributed by atoms with E-state index >= 15 is 0 Å². The third-order valence-corrected chi connectivity index (χ3v) is 4.87. The maximum absolute atomic E-state index is 12.7. The van der Waals surface area contributed by atoms with Crippen LogP contribution in [0.5, 0.6) is 0 Å². The van der Waals surface area contributed by atoms with E-state index in [1.54, 1.807) is 6.92 Å². The Hall–Kier alpha value is -1.63. The number of hydrogen-bond donors (Lipinski definition) is 3.